The van der Waals surface area contributed by atoms with Gasteiger partial charge >= 0.3 is 0 Å². The molecule has 0 aromatic rings. The van der Waals surface area contributed by atoms with E-state index in [-0.39, 0.29) is 10.8 Å². The van der Waals surface area contributed by atoms with Gasteiger partial charge in [-0.2, -0.15) is 0 Å². The van der Waals surface area contributed by atoms with Gasteiger partial charge in [-0.15, -0.1) is 6.42 Å². The second kappa shape index (κ2) is 5.41. The topological polar surface area (TPSA) is 29.1 Å². The summed E-state index contributed by atoms with van der Waals surface area (Å²) < 4.78 is 14.3. The van der Waals surface area contributed by atoms with E-state index in [1.54, 1.807) is 0 Å². The van der Waals surface area contributed by atoms with Crippen LogP contribution in [0.2, 0.25) is 0 Å². The van der Waals surface area contributed by atoms with E-state index in [1.807, 2.05) is 20.8 Å². The molecule has 0 rings (SSSR count). The highest BCUT2D eigenvalue weighted by molar-refractivity contribution is 7.84. The fraction of sp³-hybridized carbons (Fsp3) is 0.800. The molecule has 0 heterocycles. The number of rotatable bonds is 4. The molecule has 0 bridgehead atoms. The molecule has 0 unspecified atom stereocenters. The summed E-state index contributed by atoms with van der Waals surface area (Å²) in [5.74, 6) is 2.60. The Hall–Kier alpha value is -0.330. The average Bonchev–Trinajstić information content (AvgIpc) is 2.01. The van der Waals surface area contributed by atoms with Crippen LogP contribution < -0.4 is 4.72 Å². The molecular formula is C10H19NOS. The zero-order valence-electron chi connectivity index (χ0n) is 8.89. The normalized spacial score (nSPS) is 16.2. The quantitative estimate of drug-likeness (QED) is 0.691. The number of terminal acetylenes is 1. The molecule has 0 fully saturated rings. The fourth-order valence-corrected chi connectivity index (χ4v) is 1.57. The second-order valence-corrected chi connectivity index (χ2v) is 6.00. The SMILES string of the molecule is C#C[C@@H](CCC)N[S@@](=O)C(C)(C)C. The van der Waals surface area contributed by atoms with E-state index < -0.39 is 11.0 Å². The maximum absolute atomic E-state index is 11.6. The van der Waals surface area contributed by atoms with Gasteiger partial charge in [0.2, 0.25) is 0 Å². The van der Waals surface area contributed by atoms with Crippen LogP contribution in [0.15, 0.2) is 0 Å². The maximum atomic E-state index is 11.6. The molecule has 0 aromatic heterocycles. The van der Waals surface area contributed by atoms with Crippen LogP contribution in [0.5, 0.6) is 0 Å². The lowest BCUT2D eigenvalue weighted by Gasteiger charge is -2.21. The summed E-state index contributed by atoms with van der Waals surface area (Å²) in [6.07, 6.45) is 7.18. The Bertz CT molecular complexity index is 212. The van der Waals surface area contributed by atoms with Crippen molar-refractivity contribution >= 4 is 11.0 Å². The molecule has 76 valence electrons. The summed E-state index contributed by atoms with van der Waals surface area (Å²) in [4.78, 5) is 0. The summed E-state index contributed by atoms with van der Waals surface area (Å²) in [5.41, 5.74) is 0. The van der Waals surface area contributed by atoms with Gasteiger partial charge in [0.05, 0.1) is 21.8 Å². The molecule has 0 saturated heterocycles. The molecule has 0 aromatic carbocycles. The molecule has 0 saturated carbocycles. The van der Waals surface area contributed by atoms with Gasteiger partial charge in [-0.25, -0.2) is 8.93 Å². The number of hydrogen-bond acceptors (Lipinski definition) is 1. The van der Waals surface area contributed by atoms with E-state index in [0.717, 1.165) is 12.8 Å². The lowest BCUT2D eigenvalue weighted by atomic mass is 10.2. The lowest BCUT2D eigenvalue weighted by molar-refractivity contribution is 0.609. The molecule has 0 aliphatic carbocycles. The third-order valence-corrected chi connectivity index (χ3v) is 3.19. The largest absolute Gasteiger partial charge is 0.242 e. The molecule has 2 nitrogen and oxygen atoms in total. The predicted molar refractivity (Wildman–Crippen MR) is 58.6 cm³/mol. The average molecular weight is 201 g/mol. The van der Waals surface area contributed by atoms with Crippen LogP contribution in [0.25, 0.3) is 0 Å². The van der Waals surface area contributed by atoms with Crippen molar-refractivity contribution < 1.29 is 4.21 Å². The van der Waals surface area contributed by atoms with Gasteiger partial charge in [0.1, 0.15) is 0 Å². The standard InChI is InChI=1S/C10H19NOS/c1-6-8-9(7-2)11-13(12)10(3,4)5/h2,9,11H,6,8H2,1,3-5H3/t9-,13-/m0/s1. The highest BCUT2D eigenvalue weighted by Gasteiger charge is 2.21. The first kappa shape index (κ1) is 12.7. The van der Waals surface area contributed by atoms with E-state index in [2.05, 4.69) is 17.6 Å². The smallest absolute Gasteiger partial charge is 0.0981 e. The van der Waals surface area contributed by atoms with E-state index in [1.165, 1.54) is 0 Å². The molecule has 2 atom stereocenters. The summed E-state index contributed by atoms with van der Waals surface area (Å²) in [7, 11) is -1.06. The van der Waals surface area contributed by atoms with Gasteiger partial charge in [-0.1, -0.05) is 19.3 Å². The zero-order valence-corrected chi connectivity index (χ0v) is 9.70. The van der Waals surface area contributed by atoms with Crippen molar-refractivity contribution in [2.24, 2.45) is 0 Å². The Balaban J connectivity index is 4.12. The van der Waals surface area contributed by atoms with Gasteiger partial charge in [0.25, 0.3) is 0 Å². The molecular weight excluding hydrogens is 182 g/mol. The van der Waals surface area contributed by atoms with Crippen molar-refractivity contribution in [3.63, 3.8) is 0 Å². The van der Waals surface area contributed by atoms with Crippen LogP contribution in [0.3, 0.4) is 0 Å². The Morgan fingerprint density at radius 1 is 1.54 bits per heavy atom. The first-order valence-corrected chi connectivity index (χ1v) is 5.71. The lowest BCUT2D eigenvalue weighted by Crippen LogP contribution is -2.39. The molecule has 0 amide bonds. The van der Waals surface area contributed by atoms with Crippen molar-refractivity contribution in [3.8, 4) is 12.3 Å². The molecule has 1 N–H and O–H groups in total. The van der Waals surface area contributed by atoms with Gasteiger partial charge < -0.3 is 0 Å². The van der Waals surface area contributed by atoms with Crippen LogP contribution in [0.1, 0.15) is 40.5 Å². The van der Waals surface area contributed by atoms with Crippen LogP contribution in [-0.2, 0) is 11.0 Å². The zero-order chi connectivity index (χ0) is 10.5. The maximum Gasteiger partial charge on any atom is 0.0981 e. The third kappa shape index (κ3) is 5.07. The highest BCUT2D eigenvalue weighted by Crippen LogP contribution is 2.10. The summed E-state index contributed by atoms with van der Waals surface area (Å²) in [5, 5.41) is 0. The molecule has 0 radical (unpaired) electrons. The van der Waals surface area contributed by atoms with Gasteiger partial charge in [0, 0.05) is 0 Å². The second-order valence-electron chi connectivity index (χ2n) is 4.01. The van der Waals surface area contributed by atoms with Crippen molar-refractivity contribution in [2.75, 3.05) is 0 Å². The predicted octanol–water partition coefficient (Wildman–Crippen LogP) is 1.84. The highest BCUT2D eigenvalue weighted by atomic mass is 32.2. The Morgan fingerprint density at radius 2 is 2.08 bits per heavy atom. The van der Waals surface area contributed by atoms with Crippen LogP contribution in [-0.4, -0.2) is 15.0 Å². The molecule has 13 heavy (non-hydrogen) atoms. The van der Waals surface area contributed by atoms with Crippen LogP contribution in [0.4, 0.5) is 0 Å². The molecule has 0 spiro atoms. The van der Waals surface area contributed by atoms with Gasteiger partial charge in [-0.05, 0) is 27.2 Å². The monoisotopic (exact) mass is 201 g/mol. The van der Waals surface area contributed by atoms with Crippen molar-refractivity contribution in [1.29, 1.82) is 0 Å². The summed E-state index contributed by atoms with van der Waals surface area (Å²) >= 11 is 0. The Kier molecular flexibility index (Phi) is 5.27. The molecule has 0 aliphatic rings. The Morgan fingerprint density at radius 3 is 2.38 bits per heavy atom. The van der Waals surface area contributed by atoms with Crippen LogP contribution in [0, 0.1) is 12.3 Å². The van der Waals surface area contributed by atoms with Crippen LogP contribution >= 0.6 is 0 Å². The summed E-state index contributed by atoms with van der Waals surface area (Å²) in [6.45, 7) is 7.84. The third-order valence-electron chi connectivity index (χ3n) is 1.58. The fourth-order valence-electron chi connectivity index (χ4n) is 0.771. The van der Waals surface area contributed by atoms with Gasteiger partial charge in [0.15, 0.2) is 0 Å². The van der Waals surface area contributed by atoms with Gasteiger partial charge in [-0.3, -0.25) is 0 Å². The van der Waals surface area contributed by atoms with Crippen molar-refractivity contribution in [1.82, 2.24) is 4.72 Å². The number of nitrogens with one attached hydrogen (secondary N) is 1. The minimum absolute atomic E-state index is 0.0648. The molecule has 3 heteroatoms. The van der Waals surface area contributed by atoms with E-state index >= 15 is 0 Å². The first-order valence-electron chi connectivity index (χ1n) is 4.56. The first-order chi connectivity index (χ1) is 5.91. The van der Waals surface area contributed by atoms with Crippen molar-refractivity contribution in [2.45, 2.75) is 51.3 Å². The van der Waals surface area contributed by atoms with E-state index in [9.17, 15) is 4.21 Å². The minimum atomic E-state index is -1.06. The molecule has 0 aliphatic heterocycles. The van der Waals surface area contributed by atoms with Crippen molar-refractivity contribution in [3.05, 3.63) is 0 Å². The minimum Gasteiger partial charge on any atom is -0.242 e. The Labute approximate surface area is 84.1 Å². The summed E-state index contributed by atoms with van der Waals surface area (Å²) in [6, 6.07) is -0.0648. The number of hydrogen-bond donors (Lipinski definition) is 1. The van der Waals surface area contributed by atoms with E-state index in [4.69, 9.17) is 6.42 Å². The van der Waals surface area contributed by atoms with E-state index in [0.29, 0.717) is 0 Å².